The van der Waals surface area contributed by atoms with E-state index in [4.69, 9.17) is 0 Å². The molecule has 0 aromatic heterocycles. The molecule has 1 N–H and O–H groups in total. The minimum absolute atomic E-state index is 0.192. The first-order chi connectivity index (χ1) is 8.42. The van der Waals surface area contributed by atoms with Crippen LogP contribution >= 0.6 is 0 Å². The molecule has 0 atom stereocenters. The molecule has 2 heterocycles. The lowest BCUT2D eigenvalue weighted by molar-refractivity contribution is 0.248. The van der Waals surface area contributed by atoms with E-state index in [1.807, 2.05) is 13.8 Å². The second-order valence-corrected chi connectivity index (χ2v) is 7.91. The zero-order chi connectivity index (χ0) is 13.2. The SMILES string of the molecule is CC1(C)CCCN1S(=O)(=O)CCN1CCNCC1. The molecule has 0 spiro atoms. The summed E-state index contributed by atoms with van der Waals surface area (Å²) >= 11 is 0. The highest BCUT2D eigenvalue weighted by Crippen LogP contribution is 2.31. The molecule has 0 aromatic rings. The van der Waals surface area contributed by atoms with Gasteiger partial charge in [-0.15, -0.1) is 0 Å². The normalized spacial score (nSPS) is 26.6. The fourth-order valence-corrected chi connectivity index (χ4v) is 4.85. The first-order valence-corrected chi connectivity index (χ1v) is 8.46. The van der Waals surface area contributed by atoms with Gasteiger partial charge in [-0.3, -0.25) is 4.90 Å². The molecule has 0 amide bonds. The second-order valence-electron chi connectivity index (χ2n) is 5.90. The molecule has 2 rings (SSSR count). The maximum Gasteiger partial charge on any atom is 0.215 e. The minimum atomic E-state index is -3.10. The van der Waals surface area contributed by atoms with E-state index >= 15 is 0 Å². The van der Waals surface area contributed by atoms with Gasteiger partial charge in [0.05, 0.1) is 5.75 Å². The van der Waals surface area contributed by atoms with Crippen LogP contribution in [0.4, 0.5) is 0 Å². The Morgan fingerprint density at radius 3 is 2.39 bits per heavy atom. The highest BCUT2D eigenvalue weighted by atomic mass is 32.2. The molecule has 0 unspecified atom stereocenters. The van der Waals surface area contributed by atoms with Crippen molar-refractivity contribution in [2.75, 3.05) is 45.0 Å². The molecule has 0 radical (unpaired) electrons. The van der Waals surface area contributed by atoms with Crippen LogP contribution < -0.4 is 5.32 Å². The zero-order valence-corrected chi connectivity index (χ0v) is 12.3. The van der Waals surface area contributed by atoms with Gasteiger partial charge in [0.1, 0.15) is 0 Å². The van der Waals surface area contributed by atoms with Crippen molar-refractivity contribution in [3.63, 3.8) is 0 Å². The first kappa shape index (κ1) is 14.2. The van der Waals surface area contributed by atoms with Crippen LogP contribution in [-0.4, -0.2) is 68.2 Å². The largest absolute Gasteiger partial charge is 0.314 e. The summed E-state index contributed by atoms with van der Waals surface area (Å²) in [4.78, 5) is 2.23. The predicted molar refractivity (Wildman–Crippen MR) is 73.1 cm³/mol. The molecular weight excluding hydrogens is 250 g/mol. The topological polar surface area (TPSA) is 52.7 Å². The smallest absolute Gasteiger partial charge is 0.215 e. The highest BCUT2D eigenvalue weighted by molar-refractivity contribution is 7.89. The third-order valence-electron chi connectivity index (χ3n) is 4.04. The molecule has 18 heavy (non-hydrogen) atoms. The molecule has 106 valence electrons. The Kier molecular flexibility index (Phi) is 4.31. The first-order valence-electron chi connectivity index (χ1n) is 6.85. The second kappa shape index (κ2) is 5.45. The van der Waals surface area contributed by atoms with Gasteiger partial charge in [-0.05, 0) is 26.7 Å². The average molecular weight is 275 g/mol. The van der Waals surface area contributed by atoms with Crippen LogP contribution in [0.25, 0.3) is 0 Å². The van der Waals surface area contributed by atoms with E-state index in [-0.39, 0.29) is 11.3 Å². The Labute approximate surface area is 111 Å². The maximum absolute atomic E-state index is 12.4. The summed E-state index contributed by atoms with van der Waals surface area (Å²) in [6.07, 6.45) is 1.96. The third-order valence-corrected chi connectivity index (χ3v) is 6.08. The minimum Gasteiger partial charge on any atom is -0.314 e. The van der Waals surface area contributed by atoms with Crippen molar-refractivity contribution in [1.29, 1.82) is 0 Å². The van der Waals surface area contributed by atoms with Gasteiger partial charge in [-0.1, -0.05) is 0 Å². The Morgan fingerprint density at radius 2 is 1.83 bits per heavy atom. The lowest BCUT2D eigenvalue weighted by atomic mass is 10.0. The van der Waals surface area contributed by atoms with Crippen LogP contribution in [0.2, 0.25) is 0 Å². The molecular formula is C12H25N3O2S. The van der Waals surface area contributed by atoms with Gasteiger partial charge in [0.25, 0.3) is 0 Å². The molecule has 6 heteroatoms. The van der Waals surface area contributed by atoms with Crippen molar-refractivity contribution >= 4 is 10.0 Å². The van der Waals surface area contributed by atoms with Gasteiger partial charge in [0, 0.05) is 44.8 Å². The molecule has 2 aliphatic heterocycles. The highest BCUT2D eigenvalue weighted by Gasteiger charge is 2.39. The van der Waals surface area contributed by atoms with E-state index < -0.39 is 10.0 Å². The van der Waals surface area contributed by atoms with Crippen molar-refractivity contribution in [3.05, 3.63) is 0 Å². The van der Waals surface area contributed by atoms with Gasteiger partial charge in [-0.25, -0.2) is 8.42 Å². The lowest BCUT2D eigenvalue weighted by Crippen LogP contribution is -2.48. The molecule has 2 fully saturated rings. The maximum atomic E-state index is 12.4. The van der Waals surface area contributed by atoms with Crippen molar-refractivity contribution in [2.24, 2.45) is 0 Å². The molecule has 5 nitrogen and oxygen atoms in total. The third kappa shape index (κ3) is 3.23. The van der Waals surface area contributed by atoms with Crippen molar-refractivity contribution in [2.45, 2.75) is 32.2 Å². The van der Waals surface area contributed by atoms with E-state index in [1.165, 1.54) is 0 Å². The molecule has 2 saturated heterocycles. The van der Waals surface area contributed by atoms with Crippen LogP contribution in [0.15, 0.2) is 0 Å². The number of piperazine rings is 1. The summed E-state index contributed by atoms with van der Waals surface area (Å²) < 4.78 is 26.5. The van der Waals surface area contributed by atoms with Crippen molar-refractivity contribution < 1.29 is 8.42 Å². The molecule has 0 aromatic carbocycles. The van der Waals surface area contributed by atoms with E-state index in [9.17, 15) is 8.42 Å². The lowest BCUT2D eigenvalue weighted by Gasteiger charge is -2.32. The number of hydrogen-bond donors (Lipinski definition) is 1. The zero-order valence-electron chi connectivity index (χ0n) is 11.5. The van der Waals surface area contributed by atoms with Gasteiger partial charge in [0.15, 0.2) is 0 Å². The summed E-state index contributed by atoms with van der Waals surface area (Å²) in [5.41, 5.74) is -0.192. The molecule has 0 aliphatic carbocycles. The van der Waals surface area contributed by atoms with E-state index in [1.54, 1.807) is 4.31 Å². The summed E-state index contributed by atoms with van der Waals surface area (Å²) in [6, 6.07) is 0. The average Bonchev–Trinajstić information content (AvgIpc) is 2.69. The van der Waals surface area contributed by atoms with Crippen LogP contribution in [0.5, 0.6) is 0 Å². The summed E-state index contributed by atoms with van der Waals surface area (Å²) in [5.74, 6) is 0.260. The fraction of sp³-hybridized carbons (Fsp3) is 1.00. The van der Waals surface area contributed by atoms with E-state index in [0.717, 1.165) is 39.0 Å². The Morgan fingerprint density at radius 1 is 1.17 bits per heavy atom. The van der Waals surface area contributed by atoms with Gasteiger partial charge >= 0.3 is 0 Å². The van der Waals surface area contributed by atoms with Gasteiger partial charge in [-0.2, -0.15) is 4.31 Å². The molecule has 0 bridgehead atoms. The number of nitrogens with one attached hydrogen (secondary N) is 1. The van der Waals surface area contributed by atoms with Gasteiger partial charge < -0.3 is 5.32 Å². The number of hydrogen-bond acceptors (Lipinski definition) is 4. The summed E-state index contributed by atoms with van der Waals surface area (Å²) in [7, 11) is -3.10. The molecule has 2 aliphatic rings. The number of sulfonamides is 1. The van der Waals surface area contributed by atoms with Crippen LogP contribution in [0, 0.1) is 0 Å². The predicted octanol–water partition coefficient (Wildman–Crippen LogP) is 0.0958. The summed E-state index contributed by atoms with van der Waals surface area (Å²) in [5, 5.41) is 3.28. The van der Waals surface area contributed by atoms with Crippen LogP contribution in [0.1, 0.15) is 26.7 Å². The van der Waals surface area contributed by atoms with E-state index in [0.29, 0.717) is 13.1 Å². The molecule has 0 saturated carbocycles. The Balaban J connectivity index is 1.91. The quantitative estimate of drug-likeness (QED) is 0.790. The van der Waals surface area contributed by atoms with Crippen molar-refractivity contribution in [3.8, 4) is 0 Å². The van der Waals surface area contributed by atoms with E-state index in [2.05, 4.69) is 10.2 Å². The van der Waals surface area contributed by atoms with Crippen LogP contribution in [0.3, 0.4) is 0 Å². The number of rotatable bonds is 4. The van der Waals surface area contributed by atoms with Gasteiger partial charge in [0.2, 0.25) is 10.0 Å². The fourth-order valence-electron chi connectivity index (χ4n) is 2.89. The summed E-state index contributed by atoms with van der Waals surface area (Å²) in [6.45, 7) is 9.26. The van der Waals surface area contributed by atoms with Crippen molar-refractivity contribution in [1.82, 2.24) is 14.5 Å². The Bertz CT molecular complexity index is 375. The number of nitrogens with zero attached hydrogens (tertiary/aromatic N) is 2. The van der Waals surface area contributed by atoms with Crippen LogP contribution in [-0.2, 0) is 10.0 Å². The Hall–Kier alpha value is -0.170. The monoisotopic (exact) mass is 275 g/mol. The standard InChI is InChI=1S/C12H25N3O2S/c1-12(2)4-3-7-15(12)18(16,17)11-10-14-8-5-13-6-9-14/h13H,3-11H2,1-2H3.